The maximum Gasteiger partial charge on any atom is 0.346 e. The predicted molar refractivity (Wildman–Crippen MR) is 89.3 cm³/mol. The van der Waals surface area contributed by atoms with E-state index < -0.39 is 17.4 Å². The molecule has 1 aromatic rings. The highest BCUT2D eigenvalue weighted by molar-refractivity contribution is 6.09. The van der Waals surface area contributed by atoms with Gasteiger partial charge >= 0.3 is 5.97 Å². The Labute approximate surface area is 142 Å². The van der Waals surface area contributed by atoms with Crippen LogP contribution in [-0.4, -0.2) is 31.1 Å². The zero-order chi connectivity index (χ0) is 17.8. The molecule has 130 valence electrons. The molecule has 0 saturated carbocycles. The first kappa shape index (κ1) is 18.4. The van der Waals surface area contributed by atoms with E-state index in [4.69, 9.17) is 14.2 Å². The fraction of sp³-hybridized carbons (Fsp3) is 0.474. The van der Waals surface area contributed by atoms with Crippen LogP contribution in [0.1, 0.15) is 38.7 Å². The van der Waals surface area contributed by atoms with E-state index in [0.29, 0.717) is 18.6 Å². The minimum absolute atomic E-state index is 0.0316. The molecule has 0 amide bonds. The summed E-state index contributed by atoms with van der Waals surface area (Å²) >= 11 is 0. The highest BCUT2D eigenvalue weighted by Gasteiger charge is 2.61. The van der Waals surface area contributed by atoms with E-state index >= 15 is 0 Å². The number of carbonyl (C=O) groups is 2. The van der Waals surface area contributed by atoms with Crippen molar-refractivity contribution >= 4 is 11.8 Å². The molecule has 1 aromatic carbocycles. The number of carbonyl (C=O) groups excluding carboxylic acids is 2. The molecule has 0 N–H and O–H groups in total. The van der Waals surface area contributed by atoms with Gasteiger partial charge in [0.1, 0.15) is 0 Å². The van der Waals surface area contributed by atoms with Gasteiger partial charge in [0.25, 0.3) is 0 Å². The molecule has 0 radical (unpaired) electrons. The van der Waals surface area contributed by atoms with E-state index in [0.717, 1.165) is 5.57 Å². The van der Waals surface area contributed by atoms with E-state index in [1.165, 1.54) is 7.11 Å². The van der Waals surface area contributed by atoms with Crippen LogP contribution in [0.3, 0.4) is 0 Å². The van der Waals surface area contributed by atoms with Crippen LogP contribution in [0, 0.1) is 0 Å². The van der Waals surface area contributed by atoms with Crippen LogP contribution in [0.25, 0.3) is 0 Å². The Morgan fingerprint density at radius 1 is 1.33 bits per heavy atom. The monoisotopic (exact) mass is 332 g/mol. The molecular formula is C19H24O5. The summed E-state index contributed by atoms with van der Waals surface area (Å²) in [4.78, 5) is 24.9. The molecule has 1 aliphatic rings. The molecule has 0 bridgehead atoms. The summed E-state index contributed by atoms with van der Waals surface area (Å²) < 4.78 is 16.9. The lowest BCUT2D eigenvalue weighted by Crippen LogP contribution is -2.46. The fourth-order valence-electron chi connectivity index (χ4n) is 2.87. The van der Waals surface area contributed by atoms with Gasteiger partial charge in [0.2, 0.25) is 11.4 Å². The molecule has 5 nitrogen and oxygen atoms in total. The lowest BCUT2D eigenvalue weighted by molar-refractivity contribution is -0.261. The van der Waals surface area contributed by atoms with Gasteiger partial charge in [-0.2, -0.15) is 0 Å². The summed E-state index contributed by atoms with van der Waals surface area (Å²) in [5.41, 5.74) is 0.0601. The Bertz CT molecular complexity index is 624. The number of Topliss-reactive ketones (excluding diaryl/α,β-unsaturated/α-hetero) is 1. The number of ketones is 1. The van der Waals surface area contributed by atoms with Crippen LogP contribution in [0.4, 0.5) is 0 Å². The highest BCUT2D eigenvalue weighted by Crippen LogP contribution is 2.45. The van der Waals surface area contributed by atoms with Crippen molar-refractivity contribution in [1.82, 2.24) is 0 Å². The van der Waals surface area contributed by atoms with E-state index in [1.807, 2.05) is 37.3 Å². The number of esters is 1. The second-order valence-electron chi connectivity index (χ2n) is 6.05. The van der Waals surface area contributed by atoms with Gasteiger partial charge in [-0.25, -0.2) is 4.79 Å². The lowest BCUT2D eigenvalue weighted by atomic mass is 9.93. The van der Waals surface area contributed by atoms with Crippen LogP contribution in [0.5, 0.6) is 0 Å². The Morgan fingerprint density at radius 2 is 2.00 bits per heavy atom. The van der Waals surface area contributed by atoms with Crippen molar-refractivity contribution in [2.75, 3.05) is 13.7 Å². The first-order valence-electron chi connectivity index (χ1n) is 8.06. The van der Waals surface area contributed by atoms with E-state index in [-0.39, 0.29) is 18.6 Å². The number of benzene rings is 1. The number of rotatable bonds is 7. The van der Waals surface area contributed by atoms with Crippen LogP contribution in [0.2, 0.25) is 0 Å². The van der Waals surface area contributed by atoms with Crippen LogP contribution in [-0.2, 0) is 29.6 Å². The molecule has 5 heteroatoms. The van der Waals surface area contributed by atoms with Crippen molar-refractivity contribution in [3.8, 4) is 0 Å². The maximum absolute atomic E-state index is 12.7. The van der Waals surface area contributed by atoms with Gasteiger partial charge < -0.3 is 14.2 Å². The van der Waals surface area contributed by atoms with Crippen LogP contribution in [0.15, 0.2) is 42.5 Å². The third-order valence-corrected chi connectivity index (χ3v) is 4.27. The second kappa shape index (κ2) is 7.28. The largest absolute Gasteiger partial charge is 0.467 e. The molecule has 0 aliphatic carbocycles. The van der Waals surface area contributed by atoms with Gasteiger partial charge in [-0.15, -0.1) is 6.58 Å². The molecule has 1 saturated heterocycles. The van der Waals surface area contributed by atoms with Crippen molar-refractivity contribution in [2.24, 2.45) is 0 Å². The van der Waals surface area contributed by atoms with Crippen LogP contribution >= 0.6 is 0 Å². The summed E-state index contributed by atoms with van der Waals surface area (Å²) in [6.45, 7) is 7.83. The summed E-state index contributed by atoms with van der Waals surface area (Å²) in [5.74, 6) is -2.29. The van der Waals surface area contributed by atoms with Gasteiger partial charge in [-0.1, -0.05) is 42.8 Å². The standard InChI is InChI=1S/C19H24O5/c1-5-18(17(21)22-4)16(20)13-19(24-18,23-12-11-14(2)3)15-9-7-6-8-10-15/h6-10H,2,5,11-13H2,1,3-4H3. The summed E-state index contributed by atoms with van der Waals surface area (Å²) in [5, 5.41) is 0. The quantitative estimate of drug-likeness (QED) is 0.436. The molecule has 2 rings (SSSR count). The minimum atomic E-state index is -1.62. The Balaban J connectivity index is 2.39. The molecule has 1 heterocycles. The first-order valence-corrected chi connectivity index (χ1v) is 8.06. The van der Waals surface area contributed by atoms with E-state index in [1.54, 1.807) is 6.92 Å². The lowest BCUT2D eigenvalue weighted by Gasteiger charge is -2.32. The van der Waals surface area contributed by atoms with E-state index in [2.05, 4.69) is 6.58 Å². The minimum Gasteiger partial charge on any atom is -0.467 e. The smallest absolute Gasteiger partial charge is 0.346 e. The zero-order valence-corrected chi connectivity index (χ0v) is 14.5. The van der Waals surface area contributed by atoms with Gasteiger partial charge in [0.15, 0.2) is 5.78 Å². The fourth-order valence-corrected chi connectivity index (χ4v) is 2.87. The molecule has 0 aromatic heterocycles. The normalized spacial score (nSPS) is 26.4. The van der Waals surface area contributed by atoms with Crippen molar-refractivity contribution in [1.29, 1.82) is 0 Å². The third-order valence-electron chi connectivity index (χ3n) is 4.27. The summed E-state index contributed by atoms with van der Waals surface area (Å²) in [7, 11) is 1.25. The van der Waals surface area contributed by atoms with Crippen molar-refractivity contribution in [3.05, 3.63) is 48.0 Å². The highest BCUT2D eigenvalue weighted by atomic mass is 16.7. The average Bonchev–Trinajstić information content (AvgIpc) is 2.88. The molecule has 1 fully saturated rings. The van der Waals surface area contributed by atoms with Gasteiger partial charge in [-0.05, 0) is 19.8 Å². The van der Waals surface area contributed by atoms with E-state index in [9.17, 15) is 9.59 Å². The van der Waals surface area contributed by atoms with Crippen molar-refractivity contribution in [3.63, 3.8) is 0 Å². The molecule has 1 aliphatic heterocycles. The predicted octanol–water partition coefficient (Wildman–Crippen LogP) is 3.13. The number of hydrogen-bond acceptors (Lipinski definition) is 5. The molecule has 0 spiro atoms. The van der Waals surface area contributed by atoms with Crippen molar-refractivity contribution < 1.29 is 23.8 Å². The Hall–Kier alpha value is -1.98. The third kappa shape index (κ3) is 3.28. The molecule has 24 heavy (non-hydrogen) atoms. The number of hydrogen-bond donors (Lipinski definition) is 0. The van der Waals surface area contributed by atoms with Gasteiger partial charge in [0.05, 0.1) is 20.1 Å². The van der Waals surface area contributed by atoms with Crippen LogP contribution < -0.4 is 0 Å². The van der Waals surface area contributed by atoms with Gasteiger partial charge in [0, 0.05) is 5.56 Å². The SMILES string of the molecule is C=C(C)CCOC1(c2ccccc2)CC(=O)C(CC)(C(=O)OC)O1. The molecular weight excluding hydrogens is 308 g/mol. The molecule has 2 atom stereocenters. The number of ether oxygens (including phenoxy) is 3. The summed E-state index contributed by atoms with van der Waals surface area (Å²) in [6.07, 6.45) is 0.802. The number of methoxy groups -OCH3 is 1. The average molecular weight is 332 g/mol. The second-order valence-corrected chi connectivity index (χ2v) is 6.05. The van der Waals surface area contributed by atoms with Crippen molar-refractivity contribution in [2.45, 2.75) is 44.5 Å². The zero-order valence-electron chi connectivity index (χ0n) is 14.5. The van der Waals surface area contributed by atoms with Gasteiger partial charge in [-0.3, -0.25) is 4.79 Å². The Kier molecular flexibility index (Phi) is 5.57. The maximum atomic E-state index is 12.7. The summed E-state index contributed by atoms with van der Waals surface area (Å²) in [6, 6.07) is 9.22. The Morgan fingerprint density at radius 3 is 2.54 bits per heavy atom. The first-order chi connectivity index (χ1) is 11.4. The molecule has 2 unspecified atom stereocenters. The topological polar surface area (TPSA) is 61.8 Å².